The topological polar surface area (TPSA) is 102 Å². The van der Waals surface area contributed by atoms with Crippen LogP contribution in [0.4, 0.5) is 10.5 Å². The molecular formula is C26H28N2O5. The third kappa shape index (κ3) is 4.49. The first-order valence-corrected chi connectivity index (χ1v) is 11.1. The molecule has 33 heavy (non-hydrogen) atoms. The van der Waals surface area contributed by atoms with Gasteiger partial charge in [0.2, 0.25) is 0 Å². The van der Waals surface area contributed by atoms with Crippen molar-refractivity contribution in [1.29, 1.82) is 0 Å². The quantitative estimate of drug-likeness (QED) is 0.458. The summed E-state index contributed by atoms with van der Waals surface area (Å²) in [7, 11) is 0. The molecule has 0 spiro atoms. The van der Waals surface area contributed by atoms with E-state index in [-0.39, 0.29) is 12.0 Å². The Labute approximate surface area is 192 Å². The molecule has 1 fully saturated rings. The van der Waals surface area contributed by atoms with Gasteiger partial charge in [-0.2, -0.15) is 0 Å². The lowest BCUT2D eigenvalue weighted by molar-refractivity contribution is -0.140. The van der Waals surface area contributed by atoms with Gasteiger partial charge in [-0.15, -0.1) is 0 Å². The van der Waals surface area contributed by atoms with E-state index < -0.39 is 17.5 Å². The van der Waals surface area contributed by atoms with Crippen molar-refractivity contribution in [3.8, 4) is 22.4 Å². The zero-order chi connectivity index (χ0) is 23.8. The van der Waals surface area contributed by atoms with Gasteiger partial charge in [-0.3, -0.25) is 10.1 Å². The van der Waals surface area contributed by atoms with E-state index in [4.69, 9.17) is 9.26 Å². The molecule has 0 saturated heterocycles. The molecule has 0 bridgehead atoms. The number of ether oxygens (including phenoxy) is 1. The number of nitrogens with zero attached hydrogens (tertiary/aromatic N) is 1. The number of aryl methyl sites for hydroxylation is 1. The van der Waals surface area contributed by atoms with Gasteiger partial charge < -0.3 is 14.4 Å². The molecule has 1 unspecified atom stereocenters. The van der Waals surface area contributed by atoms with Gasteiger partial charge in [-0.05, 0) is 49.3 Å². The Morgan fingerprint density at radius 2 is 1.55 bits per heavy atom. The van der Waals surface area contributed by atoms with Gasteiger partial charge in [-0.25, -0.2) is 4.79 Å². The SMILES string of the molecule is Cc1onc(-c2ccc(-c3ccc(C4(C(=O)O)CC4)cc3)cc2)c1NC(=O)OC(C)C(C)C. The van der Waals surface area contributed by atoms with Crippen LogP contribution in [-0.4, -0.2) is 28.4 Å². The third-order valence-electron chi connectivity index (χ3n) is 6.41. The molecule has 2 N–H and O–H groups in total. The summed E-state index contributed by atoms with van der Waals surface area (Å²) in [5.41, 5.74) is 3.94. The van der Waals surface area contributed by atoms with Crippen LogP contribution in [0.5, 0.6) is 0 Å². The van der Waals surface area contributed by atoms with Crippen LogP contribution < -0.4 is 5.32 Å². The van der Waals surface area contributed by atoms with Crippen LogP contribution in [0.2, 0.25) is 0 Å². The van der Waals surface area contributed by atoms with Crippen LogP contribution in [0.25, 0.3) is 22.4 Å². The molecule has 1 amide bonds. The second-order valence-corrected chi connectivity index (χ2v) is 8.98. The van der Waals surface area contributed by atoms with Crippen molar-refractivity contribution in [3.05, 3.63) is 59.9 Å². The van der Waals surface area contributed by atoms with Gasteiger partial charge >= 0.3 is 12.1 Å². The molecule has 7 nitrogen and oxygen atoms in total. The number of carboxylic acid groups (broad SMARTS) is 1. The fourth-order valence-electron chi connectivity index (χ4n) is 3.71. The Hall–Kier alpha value is -3.61. The molecule has 1 heterocycles. The summed E-state index contributed by atoms with van der Waals surface area (Å²) < 4.78 is 10.7. The second-order valence-electron chi connectivity index (χ2n) is 8.98. The smallest absolute Gasteiger partial charge is 0.412 e. The normalized spacial score (nSPS) is 15.2. The molecular weight excluding hydrogens is 420 g/mol. The van der Waals surface area contributed by atoms with Crippen LogP contribution in [-0.2, 0) is 14.9 Å². The van der Waals surface area contributed by atoms with E-state index in [1.54, 1.807) is 6.92 Å². The molecule has 7 heteroatoms. The van der Waals surface area contributed by atoms with Crippen molar-refractivity contribution < 1.29 is 24.0 Å². The summed E-state index contributed by atoms with van der Waals surface area (Å²) in [6.07, 6.45) is 0.613. The number of benzene rings is 2. The zero-order valence-corrected chi connectivity index (χ0v) is 19.2. The summed E-state index contributed by atoms with van der Waals surface area (Å²) in [5, 5.41) is 16.4. The van der Waals surface area contributed by atoms with Crippen molar-refractivity contribution in [2.24, 2.45) is 5.92 Å². The average Bonchev–Trinajstić information content (AvgIpc) is 3.54. The van der Waals surface area contributed by atoms with Crippen LogP contribution in [0, 0.1) is 12.8 Å². The second kappa shape index (κ2) is 8.73. The monoisotopic (exact) mass is 448 g/mol. The van der Waals surface area contributed by atoms with Crippen molar-refractivity contribution >= 4 is 17.7 Å². The van der Waals surface area contributed by atoms with Crippen molar-refractivity contribution in [2.75, 3.05) is 5.32 Å². The number of amides is 1. The molecule has 0 radical (unpaired) electrons. The summed E-state index contributed by atoms with van der Waals surface area (Å²) in [6.45, 7) is 7.55. The minimum Gasteiger partial charge on any atom is -0.481 e. The summed E-state index contributed by atoms with van der Waals surface area (Å²) in [4.78, 5) is 23.8. The molecule has 1 aromatic heterocycles. The maximum atomic E-state index is 12.3. The fraction of sp³-hybridized carbons (Fsp3) is 0.346. The first-order valence-electron chi connectivity index (χ1n) is 11.1. The summed E-state index contributed by atoms with van der Waals surface area (Å²) in [6, 6.07) is 15.4. The molecule has 1 aliphatic rings. The van der Waals surface area contributed by atoms with Crippen molar-refractivity contribution in [2.45, 2.75) is 52.1 Å². The van der Waals surface area contributed by atoms with Gasteiger partial charge in [-0.1, -0.05) is 67.5 Å². The Bertz CT molecular complexity index is 1160. The highest BCUT2D eigenvalue weighted by molar-refractivity contribution is 5.91. The van der Waals surface area contributed by atoms with Gasteiger partial charge in [0.25, 0.3) is 0 Å². The maximum absolute atomic E-state index is 12.3. The van der Waals surface area contributed by atoms with Crippen LogP contribution in [0.3, 0.4) is 0 Å². The average molecular weight is 449 g/mol. The number of carbonyl (C=O) groups is 2. The molecule has 172 valence electrons. The lowest BCUT2D eigenvalue weighted by Gasteiger charge is -2.17. The predicted molar refractivity (Wildman–Crippen MR) is 125 cm³/mol. The van der Waals surface area contributed by atoms with Gasteiger partial charge in [0.05, 0.1) is 5.41 Å². The number of nitrogens with one attached hydrogen (secondary N) is 1. The Morgan fingerprint density at radius 3 is 2.06 bits per heavy atom. The van der Waals surface area contributed by atoms with E-state index in [1.165, 1.54) is 0 Å². The van der Waals surface area contributed by atoms with E-state index in [0.717, 1.165) is 22.3 Å². The van der Waals surface area contributed by atoms with Crippen LogP contribution >= 0.6 is 0 Å². The number of hydrogen-bond acceptors (Lipinski definition) is 5. The molecule has 0 aliphatic heterocycles. The standard InChI is InChI=1S/C26H28N2O5/c1-15(2)16(3)32-25(31)27-22-17(4)33-28-23(22)20-7-5-18(6-8-20)19-9-11-21(12-10-19)26(13-14-26)24(29)30/h5-12,15-16H,13-14H2,1-4H3,(H,27,31)(H,29,30). The maximum Gasteiger partial charge on any atom is 0.412 e. The lowest BCUT2D eigenvalue weighted by Crippen LogP contribution is -2.24. The Balaban J connectivity index is 1.51. The Kier molecular flexibility index (Phi) is 5.97. The number of aromatic nitrogens is 1. The summed E-state index contributed by atoms with van der Waals surface area (Å²) in [5.74, 6) is -0.0555. The van der Waals surface area contributed by atoms with E-state index >= 15 is 0 Å². The molecule has 4 rings (SSSR count). The molecule has 1 saturated carbocycles. The zero-order valence-electron chi connectivity index (χ0n) is 19.2. The highest BCUT2D eigenvalue weighted by Gasteiger charge is 2.51. The summed E-state index contributed by atoms with van der Waals surface area (Å²) >= 11 is 0. The minimum atomic E-state index is -0.755. The number of carboxylic acids is 1. The largest absolute Gasteiger partial charge is 0.481 e. The fourth-order valence-corrected chi connectivity index (χ4v) is 3.71. The van der Waals surface area contributed by atoms with Gasteiger partial charge in [0, 0.05) is 5.56 Å². The van der Waals surface area contributed by atoms with Crippen LogP contribution in [0.1, 0.15) is 44.9 Å². The van der Waals surface area contributed by atoms with Crippen molar-refractivity contribution in [3.63, 3.8) is 0 Å². The lowest BCUT2D eigenvalue weighted by atomic mass is 9.93. The van der Waals surface area contributed by atoms with Crippen LogP contribution in [0.15, 0.2) is 53.1 Å². The molecule has 2 aromatic carbocycles. The van der Waals surface area contributed by atoms with Gasteiger partial charge in [0.15, 0.2) is 5.76 Å². The van der Waals surface area contributed by atoms with E-state index in [9.17, 15) is 14.7 Å². The number of carbonyl (C=O) groups excluding carboxylic acids is 1. The highest BCUT2D eigenvalue weighted by atomic mass is 16.6. The number of aliphatic carboxylic acids is 1. The number of hydrogen-bond donors (Lipinski definition) is 2. The molecule has 1 aliphatic carbocycles. The van der Waals surface area contributed by atoms with E-state index in [1.807, 2.05) is 69.3 Å². The molecule has 3 aromatic rings. The highest BCUT2D eigenvalue weighted by Crippen LogP contribution is 2.48. The van der Waals surface area contributed by atoms with Crippen molar-refractivity contribution in [1.82, 2.24) is 5.16 Å². The predicted octanol–water partition coefficient (Wildman–Crippen LogP) is 6.03. The first kappa shape index (κ1) is 22.6. The third-order valence-corrected chi connectivity index (χ3v) is 6.41. The van der Waals surface area contributed by atoms with Gasteiger partial charge in [0.1, 0.15) is 17.5 Å². The van der Waals surface area contributed by atoms with E-state index in [0.29, 0.717) is 30.0 Å². The molecule has 1 atom stereocenters. The number of rotatable bonds is 7. The minimum absolute atomic E-state index is 0.208. The first-order chi connectivity index (χ1) is 15.7. The number of anilines is 1. The Morgan fingerprint density at radius 1 is 1.00 bits per heavy atom. The van der Waals surface area contributed by atoms with E-state index in [2.05, 4.69) is 10.5 Å².